The second-order valence-electron chi connectivity index (χ2n) is 6.38. The largest absolute Gasteiger partial charge is 0.497 e. The Hall–Kier alpha value is -1.54. The molecule has 6 nitrogen and oxygen atoms in total. The van der Waals surface area contributed by atoms with Crippen LogP contribution in [-0.4, -0.2) is 49.4 Å². The van der Waals surface area contributed by atoms with Crippen molar-refractivity contribution >= 4 is 38.4 Å². The monoisotopic (exact) mass is 366 g/mol. The number of thioether (sulfide) groups is 1. The molecule has 0 aromatic heterocycles. The van der Waals surface area contributed by atoms with Gasteiger partial charge >= 0.3 is 0 Å². The number of sulfone groups is 1. The van der Waals surface area contributed by atoms with Crippen molar-refractivity contribution in [3.8, 4) is 5.75 Å². The Labute approximate surface area is 145 Å². The average molecular weight is 366 g/mol. The Morgan fingerprint density at radius 1 is 1.33 bits per heavy atom. The molecule has 4 rings (SSSR count). The molecule has 2 saturated heterocycles. The number of carbonyl (C=O) groups excluding carboxylic acids is 1. The zero-order chi connectivity index (χ0) is 16.9. The van der Waals surface area contributed by atoms with Gasteiger partial charge in [0.25, 0.3) is 5.91 Å². The summed E-state index contributed by atoms with van der Waals surface area (Å²) in [4.78, 5) is 18.4. The number of amides is 1. The molecule has 1 saturated carbocycles. The van der Waals surface area contributed by atoms with E-state index >= 15 is 0 Å². The molecule has 1 aromatic rings. The number of carbonyl (C=O) groups is 1. The van der Waals surface area contributed by atoms with E-state index in [9.17, 15) is 13.2 Å². The zero-order valence-electron chi connectivity index (χ0n) is 13.2. The molecular formula is C16H18N2O4S2. The van der Waals surface area contributed by atoms with E-state index in [-0.39, 0.29) is 34.6 Å². The average Bonchev–Trinajstić information content (AvgIpc) is 3.28. The van der Waals surface area contributed by atoms with Crippen molar-refractivity contribution in [2.24, 2.45) is 10.9 Å². The second-order valence-corrected chi connectivity index (χ2v) is 9.74. The highest BCUT2D eigenvalue weighted by molar-refractivity contribution is 8.16. The van der Waals surface area contributed by atoms with E-state index in [4.69, 9.17) is 4.74 Å². The molecule has 128 valence electrons. The highest BCUT2D eigenvalue weighted by atomic mass is 32.2. The molecule has 1 aromatic carbocycles. The molecule has 8 heteroatoms. The highest BCUT2D eigenvalue weighted by Gasteiger charge is 2.49. The number of benzene rings is 1. The van der Waals surface area contributed by atoms with Crippen molar-refractivity contribution in [1.29, 1.82) is 0 Å². The smallest absolute Gasteiger partial charge is 0.251 e. The molecule has 24 heavy (non-hydrogen) atoms. The van der Waals surface area contributed by atoms with E-state index in [1.54, 1.807) is 7.11 Å². The Bertz CT molecular complexity index is 817. The van der Waals surface area contributed by atoms with Crippen LogP contribution >= 0.6 is 11.8 Å². The van der Waals surface area contributed by atoms with Gasteiger partial charge in [-0.15, -0.1) is 0 Å². The molecular weight excluding hydrogens is 348 g/mol. The van der Waals surface area contributed by atoms with Crippen molar-refractivity contribution in [2.75, 3.05) is 23.5 Å². The maximum atomic E-state index is 12.1. The summed E-state index contributed by atoms with van der Waals surface area (Å²) in [6.45, 7) is 0. The molecule has 1 amide bonds. The maximum absolute atomic E-state index is 12.1. The third-order valence-electron chi connectivity index (χ3n) is 4.53. The lowest BCUT2D eigenvalue weighted by atomic mass is 10.2. The molecule has 0 bridgehead atoms. The standard InChI is InChI=1S/C16H18N2O4S2/c1-22-12-4-2-3-11(7-12)18-13-8-24(20,21)9-14(13)23-16(18)17-15(19)10-5-6-10/h2-4,7,10,13-14H,5-6,8-9H2,1H3/t13-,14+/m1/s1. The SMILES string of the molecule is COc1cccc(N2C(=NC(=O)C3CC3)S[C@H]3CS(=O)(=O)C[C@H]32)c1. The van der Waals surface area contributed by atoms with Gasteiger partial charge in [-0.05, 0) is 25.0 Å². The molecule has 2 heterocycles. The summed E-state index contributed by atoms with van der Waals surface area (Å²) in [7, 11) is -1.46. The Morgan fingerprint density at radius 3 is 2.83 bits per heavy atom. The van der Waals surface area contributed by atoms with Crippen LogP contribution in [0.4, 0.5) is 5.69 Å². The molecule has 2 atom stereocenters. The lowest BCUT2D eigenvalue weighted by Crippen LogP contribution is -2.37. The van der Waals surface area contributed by atoms with Crippen LogP contribution in [0.15, 0.2) is 29.3 Å². The maximum Gasteiger partial charge on any atom is 0.251 e. The van der Waals surface area contributed by atoms with Crippen LogP contribution in [-0.2, 0) is 14.6 Å². The van der Waals surface area contributed by atoms with Gasteiger partial charge in [0.05, 0.1) is 24.7 Å². The quantitative estimate of drug-likeness (QED) is 0.811. The first-order chi connectivity index (χ1) is 11.5. The third kappa shape index (κ3) is 2.93. The van der Waals surface area contributed by atoms with Gasteiger partial charge in [0.15, 0.2) is 15.0 Å². The molecule has 0 radical (unpaired) electrons. The van der Waals surface area contributed by atoms with Crippen molar-refractivity contribution in [3.63, 3.8) is 0 Å². The van der Waals surface area contributed by atoms with Gasteiger partial charge in [0, 0.05) is 22.9 Å². The molecule has 0 N–H and O–H groups in total. The first-order valence-corrected chi connectivity index (χ1v) is 10.6. The summed E-state index contributed by atoms with van der Waals surface area (Å²) in [6.07, 6.45) is 1.81. The minimum Gasteiger partial charge on any atom is -0.497 e. The van der Waals surface area contributed by atoms with Crippen LogP contribution in [0.2, 0.25) is 0 Å². The summed E-state index contributed by atoms with van der Waals surface area (Å²) in [5, 5.41) is 0.539. The number of nitrogens with zero attached hydrogens (tertiary/aromatic N) is 2. The van der Waals surface area contributed by atoms with Crippen molar-refractivity contribution in [1.82, 2.24) is 0 Å². The van der Waals surface area contributed by atoms with E-state index in [0.29, 0.717) is 10.9 Å². The van der Waals surface area contributed by atoms with E-state index in [0.717, 1.165) is 18.5 Å². The summed E-state index contributed by atoms with van der Waals surface area (Å²) in [5.74, 6) is 0.884. The molecule has 3 fully saturated rings. The summed E-state index contributed by atoms with van der Waals surface area (Å²) in [5.41, 5.74) is 0.814. The van der Waals surface area contributed by atoms with Crippen LogP contribution in [0.5, 0.6) is 5.75 Å². The number of anilines is 1. The molecule has 0 unspecified atom stereocenters. The van der Waals surface area contributed by atoms with E-state index in [1.165, 1.54) is 11.8 Å². The molecule has 1 aliphatic carbocycles. The van der Waals surface area contributed by atoms with Gasteiger partial charge < -0.3 is 9.64 Å². The minimum atomic E-state index is -3.05. The highest BCUT2D eigenvalue weighted by Crippen LogP contribution is 2.42. The minimum absolute atomic E-state index is 0.0504. The fourth-order valence-electron chi connectivity index (χ4n) is 3.14. The fraction of sp³-hybridized carbons (Fsp3) is 0.500. The number of aliphatic imine (C=N–C) groups is 1. The van der Waals surface area contributed by atoms with Crippen LogP contribution in [0.1, 0.15) is 12.8 Å². The molecule has 0 spiro atoms. The molecule has 2 aliphatic heterocycles. The van der Waals surface area contributed by atoms with Crippen LogP contribution in [0, 0.1) is 5.92 Å². The number of hydrogen-bond donors (Lipinski definition) is 0. The van der Waals surface area contributed by atoms with Crippen LogP contribution < -0.4 is 9.64 Å². The Morgan fingerprint density at radius 2 is 2.12 bits per heavy atom. The number of amidine groups is 1. The fourth-order valence-corrected chi connectivity index (χ4v) is 7.06. The predicted octanol–water partition coefficient (Wildman–Crippen LogP) is 1.71. The van der Waals surface area contributed by atoms with E-state index in [1.807, 2.05) is 29.2 Å². The van der Waals surface area contributed by atoms with Gasteiger partial charge in [-0.25, -0.2) is 8.42 Å². The van der Waals surface area contributed by atoms with Crippen LogP contribution in [0.3, 0.4) is 0 Å². The normalized spacial score (nSPS) is 29.7. The van der Waals surface area contributed by atoms with Gasteiger partial charge in [-0.2, -0.15) is 4.99 Å². The number of hydrogen-bond acceptors (Lipinski definition) is 5. The van der Waals surface area contributed by atoms with Crippen molar-refractivity contribution in [2.45, 2.75) is 24.1 Å². The van der Waals surface area contributed by atoms with Gasteiger partial charge in [-0.3, -0.25) is 4.79 Å². The first-order valence-electron chi connectivity index (χ1n) is 7.90. The Kier molecular flexibility index (Phi) is 3.84. The lowest BCUT2D eigenvalue weighted by Gasteiger charge is -2.24. The van der Waals surface area contributed by atoms with Gasteiger partial charge in [0.2, 0.25) is 0 Å². The topological polar surface area (TPSA) is 76.0 Å². The summed E-state index contributed by atoms with van der Waals surface area (Å²) in [6, 6.07) is 7.26. The zero-order valence-corrected chi connectivity index (χ0v) is 14.8. The summed E-state index contributed by atoms with van der Waals surface area (Å²) >= 11 is 1.41. The number of methoxy groups -OCH3 is 1. The third-order valence-corrected chi connectivity index (χ3v) is 7.74. The van der Waals surface area contributed by atoms with Crippen molar-refractivity contribution < 1.29 is 17.9 Å². The number of rotatable bonds is 3. The van der Waals surface area contributed by atoms with Gasteiger partial charge in [-0.1, -0.05) is 17.8 Å². The predicted molar refractivity (Wildman–Crippen MR) is 94.5 cm³/mol. The summed E-state index contributed by atoms with van der Waals surface area (Å²) < 4.78 is 29.3. The Balaban J connectivity index is 1.72. The van der Waals surface area contributed by atoms with E-state index < -0.39 is 9.84 Å². The number of fused-ring (bicyclic) bond motifs is 1. The second kappa shape index (κ2) is 5.77. The van der Waals surface area contributed by atoms with Crippen molar-refractivity contribution in [3.05, 3.63) is 24.3 Å². The molecule has 3 aliphatic rings. The van der Waals surface area contributed by atoms with E-state index in [2.05, 4.69) is 4.99 Å². The number of ether oxygens (including phenoxy) is 1. The van der Waals surface area contributed by atoms with Crippen LogP contribution in [0.25, 0.3) is 0 Å². The lowest BCUT2D eigenvalue weighted by molar-refractivity contribution is -0.118. The van der Waals surface area contributed by atoms with Gasteiger partial charge in [0.1, 0.15) is 5.75 Å². The first kappa shape index (κ1) is 16.0.